The molecule has 0 saturated heterocycles. The molecule has 0 fully saturated rings. The molecule has 0 amide bonds. The third-order valence-electron chi connectivity index (χ3n) is 1.88. The molecule has 17 heavy (non-hydrogen) atoms. The molecule has 90 valence electrons. The molecule has 1 aromatic heterocycles. The summed E-state index contributed by atoms with van der Waals surface area (Å²) in [7, 11) is 0. The fourth-order valence-electron chi connectivity index (χ4n) is 0.979. The van der Waals surface area contributed by atoms with Gasteiger partial charge in [0.15, 0.2) is 0 Å². The van der Waals surface area contributed by atoms with Crippen molar-refractivity contribution in [2.75, 3.05) is 22.9 Å². The molecular formula is C11H15N5O. The Balaban J connectivity index is 0.000000171. The van der Waals surface area contributed by atoms with Crippen molar-refractivity contribution >= 4 is 22.9 Å². The number of anilines is 4. The molecule has 1 aromatic carbocycles. The standard InChI is InChI=1S/C6H8N2O.C5H7N3/c7-5-2-1-4(9)3-6(5)8;6-4-1-2-5(7)8-3-4/h1-3,9H,7-8H2;1-3H,6H2,(H2,7,8). The van der Waals surface area contributed by atoms with E-state index in [-0.39, 0.29) is 5.75 Å². The van der Waals surface area contributed by atoms with Crippen molar-refractivity contribution in [1.82, 2.24) is 4.98 Å². The van der Waals surface area contributed by atoms with Crippen LogP contribution >= 0.6 is 0 Å². The van der Waals surface area contributed by atoms with Gasteiger partial charge in [0.05, 0.1) is 23.3 Å². The number of aromatic hydroxyl groups is 1. The minimum Gasteiger partial charge on any atom is -0.508 e. The van der Waals surface area contributed by atoms with Gasteiger partial charge < -0.3 is 28.0 Å². The van der Waals surface area contributed by atoms with E-state index in [2.05, 4.69) is 4.98 Å². The summed E-state index contributed by atoms with van der Waals surface area (Å²) in [5.41, 5.74) is 22.8. The molecule has 0 bridgehead atoms. The third kappa shape index (κ3) is 4.17. The smallest absolute Gasteiger partial charge is 0.123 e. The Kier molecular flexibility index (Phi) is 3.99. The van der Waals surface area contributed by atoms with Crippen LogP contribution in [0.3, 0.4) is 0 Å². The number of aromatic nitrogens is 1. The summed E-state index contributed by atoms with van der Waals surface area (Å²) in [6.45, 7) is 0. The summed E-state index contributed by atoms with van der Waals surface area (Å²) in [4.78, 5) is 3.73. The maximum atomic E-state index is 8.80. The van der Waals surface area contributed by atoms with E-state index in [1.165, 1.54) is 18.3 Å². The quantitative estimate of drug-likeness (QED) is 0.337. The van der Waals surface area contributed by atoms with Gasteiger partial charge >= 0.3 is 0 Å². The molecule has 0 aliphatic heterocycles. The molecule has 0 radical (unpaired) electrons. The van der Waals surface area contributed by atoms with Gasteiger partial charge in [0.25, 0.3) is 0 Å². The predicted molar refractivity (Wildman–Crippen MR) is 70.0 cm³/mol. The van der Waals surface area contributed by atoms with Gasteiger partial charge in [-0.05, 0) is 24.3 Å². The van der Waals surface area contributed by atoms with E-state index >= 15 is 0 Å². The van der Waals surface area contributed by atoms with Crippen molar-refractivity contribution in [1.29, 1.82) is 0 Å². The molecule has 0 spiro atoms. The molecule has 2 aromatic rings. The summed E-state index contributed by atoms with van der Waals surface area (Å²) in [5, 5.41) is 8.80. The summed E-state index contributed by atoms with van der Waals surface area (Å²) in [6, 6.07) is 7.84. The SMILES string of the molecule is Nc1ccc(N)nc1.Nc1ccc(O)cc1N. The van der Waals surface area contributed by atoms with E-state index in [9.17, 15) is 0 Å². The second-order valence-electron chi connectivity index (χ2n) is 3.33. The Morgan fingerprint density at radius 3 is 2.00 bits per heavy atom. The Labute approximate surface area is 98.9 Å². The Morgan fingerprint density at radius 1 is 0.882 bits per heavy atom. The molecule has 6 heteroatoms. The van der Waals surface area contributed by atoms with Crippen LogP contribution in [0.4, 0.5) is 22.9 Å². The average molecular weight is 233 g/mol. The lowest BCUT2D eigenvalue weighted by Gasteiger charge is -1.97. The zero-order valence-corrected chi connectivity index (χ0v) is 9.17. The number of hydrogen-bond acceptors (Lipinski definition) is 6. The van der Waals surface area contributed by atoms with E-state index in [0.29, 0.717) is 22.9 Å². The predicted octanol–water partition coefficient (Wildman–Crippen LogP) is 0.803. The van der Waals surface area contributed by atoms with Gasteiger partial charge in [-0.2, -0.15) is 0 Å². The number of hydrogen-bond donors (Lipinski definition) is 5. The lowest BCUT2D eigenvalue weighted by Crippen LogP contribution is -1.92. The molecule has 2 rings (SSSR count). The fourth-order valence-corrected chi connectivity index (χ4v) is 0.979. The van der Waals surface area contributed by atoms with Crippen LogP contribution in [-0.2, 0) is 0 Å². The van der Waals surface area contributed by atoms with Crippen molar-refractivity contribution in [3.63, 3.8) is 0 Å². The molecule has 0 atom stereocenters. The fraction of sp³-hybridized carbons (Fsp3) is 0. The largest absolute Gasteiger partial charge is 0.508 e. The molecule has 0 unspecified atom stereocenters. The first-order valence-corrected chi connectivity index (χ1v) is 4.80. The molecule has 9 N–H and O–H groups in total. The van der Waals surface area contributed by atoms with E-state index < -0.39 is 0 Å². The number of phenols is 1. The summed E-state index contributed by atoms with van der Waals surface area (Å²) in [6.07, 6.45) is 1.52. The second-order valence-corrected chi connectivity index (χ2v) is 3.33. The maximum Gasteiger partial charge on any atom is 0.123 e. The van der Waals surface area contributed by atoms with Crippen LogP contribution in [-0.4, -0.2) is 10.1 Å². The summed E-state index contributed by atoms with van der Waals surface area (Å²) < 4.78 is 0. The molecular weight excluding hydrogens is 218 g/mol. The van der Waals surface area contributed by atoms with Crippen LogP contribution in [0.15, 0.2) is 36.5 Å². The van der Waals surface area contributed by atoms with E-state index in [4.69, 9.17) is 28.0 Å². The maximum absolute atomic E-state index is 8.80. The summed E-state index contributed by atoms with van der Waals surface area (Å²) >= 11 is 0. The first-order valence-electron chi connectivity index (χ1n) is 4.80. The van der Waals surface area contributed by atoms with E-state index in [1.54, 1.807) is 18.2 Å². The number of nitrogen functional groups attached to an aromatic ring is 4. The van der Waals surface area contributed by atoms with Crippen LogP contribution in [0.2, 0.25) is 0 Å². The van der Waals surface area contributed by atoms with Crippen LogP contribution in [0.5, 0.6) is 5.75 Å². The molecule has 1 heterocycles. The minimum absolute atomic E-state index is 0.140. The van der Waals surface area contributed by atoms with Crippen molar-refractivity contribution < 1.29 is 5.11 Å². The van der Waals surface area contributed by atoms with Crippen molar-refractivity contribution in [3.05, 3.63) is 36.5 Å². The minimum atomic E-state index is 0.140. The number of benzene rings is 1. The molecule has 6 nitrogen and oxygen atoms in total. The van der Waals surface area contributed by atoms with Gasteiger partial charge in [0.2, 0.25) is 0 Å². The average Bonchev–Trinajstić information content (AvgIpc) is 2.29. The number of nitrogens with two attached hydrogens (primary N) is 4. The van der Waals surface area contributed by atoms with Gasteiger partial charge in [0, 0.05) is 6.07 Å². The highest BCUT2D eigenvalue weighted by molar-refractivity contribution is 5.64. The number of rotatable bonds is 0. The van der Waals surface area contributed by atoms with Crippen molar-refractivity contribution in [2.45, 2.75) is 0 Å². The molecule has 0 saturated carbocycles. The first kappa shape index (κ1) is 12.4. The van der Waals surface area contributed by atoms with Crippen molar-refractivity contribution in [3.8, 4) is 5.75 Å². The first-order chi connectivity index (χ1) is 7.99. The van der Waals surface area contributed by atoms with Gasteiger partial charge in [-0.15, -0.1) is 0 Å². The number of nitrogens with zero attached hydrogens (tertiary/aromatic N) is 1. The third-order valence-corrected chi connectivity index (χ3v) is 1.88. The number of phenolic OH excluding ortho intramolecular Hbond substituents is 1. The van der Waals surface area contributed by atoms with Crippen LogP contribution in [0, 0.1) is 0 Å². The Bertz CT molecular complexity index is 463. The van der Waals surface area contributed by atoms with Crippen LogP contribution in [0.25, 0.3) is 0 Å². The zero-order valence-electron chi connectivity index (χ0n) is 9.17. The van der Waals surface area contributed by atoms with Crippen LogP contribution < -0.4 is 22.9 Å². The lowest BCUT2D eigenvalue weighted by atomic mass is 10.3. The Morgan fingerprint density at radius 2 is 1.59 bits per heavy atom. The van der Waals surface area contributed by atoms with E-state index in [0.717, 1.165) is 0 Å². The van der Waals surface area contributed by atoms with Gasteiger partial charge in [-0.3, -0.25) is 0 Å². The highest BCUT2D eigenvalue weighted by Gasteiger charge is 1.92. The monoisotopic (exact) mass is 233 g/mol. The van der Waals surface area contributed by atoms with Gasteiger partial charge in [-0.25, -0.2) is 4.98 Å². The topological polar surface area (TPSA) is 137 Å². The highest BCUT2D eigenvalue weighted by atomic mass is 16.3. The molecule has 0 aliphatic rings. The van der Waals surface area contributed by atoms with E-state index in [1.807, 2.05) is 0 Å². The lowest BCUT2D eigenvalue weighted by molar-refractivity contribution is 0.476. The zero-order chi connectivity index (χ0) is 12.8. The summed E-state index contributed by atoms with van der Waals surface area (Å²) in [5.74, 6) is 0.640. The highest BCUT2D eigenvalue weighted by Crippen LogP contribution is 2.19. The van der Waals surface area contributed by atoms with Gasteiger partial charge in [0.1, 0.15) is 11.6 Å². The number of pyridine rings is 1. The normalized spacial score (nSPS) is 9.18. The van der Waals surface area contributed by atoms with Crippen LogP contribution in [0.1, 0.15) is 0 Å². The van der Waals surface area contributed by atoms with Crippen molar-refractivity contribution in [2.24, 2.45) is 0 Å². The molecule has 0 aliphatic carbocycles. The second kappa shape index (κ2) is 5.45. The van der Waals surface area contributed by atoms with Gasteiger partial charge in [-0.1, -0.05) is 0 Å². The Hall–Kier alpha value is -2.63.